The number of aromatic amines is 1. The minimum absolute atomic E-state index is 0.0488. The molecule has 168 valence electrons. The lowest BCUT2D eigenvalue weighted by molar-refractivity contribution is -0.151. The number of nitrogens with zero attached hydrogens (tertiary/aromatic N) is 4. The van der Waals surface area contributed by atoms with Gasteiger partial charge in [-0.15, -0.1) is 5.10 Å². The fraction of sp³-hybridized carbons (Fsp3) is 0.591. The molecule has 8 nitrogen and oxygen atoms in total. The van der Waals surface area contributed by atoms with Gasteiger partial charge >= 0.3 is 5.97 Å². The van der Waals surface area contributed by atoms with Crippen LogP contribution in [-0.2, 0) is 16.0 Å². The zero-order chi connectivity index (χ0) is 21.8. The van der Waals surface area contributed by atoms with E-state index in [-0.39, 0.29) is 11.9 Å². The number of H-pyrrole nitrogens is 1. The molecule has 0 aliphatic carbocycles. The molecule has 2 aromatic rings. The molecule has 0 bridgehead atoms. The highest BCUT2D eigenvalue weighted by Crippen LogP contribution is 2.31. The van der Waals surface area contributed by atoms with E-state index in [4.69, 9.17) is 22.1 Å². The maximum atomic E-state index is 12.5. The Morgan fingerprint density at radius 2 is 1.97 bits per heavy atom. The molecule has 9 heteroatoms. The lowest BCUT2D eigenvalue weighted by atomic mass is 9.86. The van der Waals surface area contributed by atoms with Gasteiger partial charge in [0.05, 0.1) is 12.5 Å². The van der Waals surface area contributed by atoms with E-state index in [1.165, 1.54) is 5.56 Å². The van der Waals surface area contributed by atoms with E-state index in [2.05, 4.69) is 37.1 Å². The molecule has 3 heterocycles. The Bertz CT molecular complexity index is 865. The summed E-state index contributed by atoms with van der Waals surface area (Å²) in [6.07, 6.45) is 4.83. The van der Waals surface area contributed by atoms with Crippen LogP contribution in [0.5, 0.6) is 0 Å². The number of nitrogens with one attached hydrogen (secondary N) is 1. The third-order valence-corrected chi connectivity index (χ3v) is 6.71. The number of nitrogen functional groups attached to an aromatic ring is 1. The lowest BCUT2D eigenvalue weighted by Crippen LogP contribution is -2.54. The highest BCUT2D eigenvalue weighted by molar-refractivity contribution is 6.30. The Morgan fingerprint density at radius 1 is 1.23 bits per heavy atom. The Hall–Kier alpha value is -2.32. The number of anilines is 2. The standard InChI is InChI=1S/C22H31ClN6O2/c1-2-31-20(30)16-5-8-19(13-15-3-6-17(23)7-4-15)29(14-16)18-9-11-28(12-10-18)22-25-21(24)26-27-22/h3-4,6-7,16,18-19H,2,5,8-14H2,1H3,(H3,24,25,26,27)/t16?,19-/m1/s1. The van der Waals surface area contributed by atoms with E-state index < -0.39 is 0 Å². The molecule has 31 heavy (non-hydrogen) atoms. The molecule has 1 aromatic heterocycles. The number of rotatable bonds is 6. The van der Waals surface area contributed by atoms with Crippen molar-refractivity contribution in [2.75, 3.05) is 36.9 Å². The molecule has 0 saturated carbocycles. The number of carbonyl (C=O) groups excluding carboxylic acids is 1. The van der Waals surface area contributed by atoms with Gasteiger partial charge in [0.25, 0.3) is 0 Å². The monoisotopic (exact) mass is 446 g/mol. The molecule has 1 aromatic carbocycles. The summed E-state index contributed by atoms with van der Waals surface area (Å²) in [7, 11) is 0. The van der Waals surface area contributed by atoms with Crippen LogP contribution in [0.3, 0.4) is 0 Å². The van der Waals surface area contributed by atoms with Crippen LogP contribution in [0.15, 0.2) is 24.3 Å². The molecule has 2 atom stereocenters. The molecular weight excluding hydrogens is 416 g/mol. The van der Waals surface area contributed by atoms with Crippen LogP contribution in [0.1, 0.15) is 38.2 Å². The fourth-order valence-electron chi connectivity index (χ4n) is 4.87. The van der Waals surface area contributed by atoms with E-state index in [9.17, 15) is 4.79 Å². The molecule has 2 fully saturated rings. The van der Waals surface area contributed by atoms with E-state index in [0.29, 0.717) is 30.6 Å². The lowest BCUT2D eigenvalue weighted by Gasteiger charge is -2.46. The molecule has 0 amide bonds. The molecule has 2 aliphatic heterocycles. The molecule has 2 aliphatic rings. The van der Waals surface area contributed by atoms with Gasteiger partial charge in [-0.05, 0) is 56.7 Å². The van der Waals surface area contributed by atoms with Crippen molar-refractivity contribution in [1.29, 1.82) is 0 Å². The van der Waals surface area contributed by atoms with Gasteiger partial charge in [0.15, 0.2) is 0 Å². The Kier molecular flexibility index (Phi) is 6.97. The van der Waals surface area contributed by atoms with Crippen molar-refractivity contribution in [3.05, 3.63) is 34.9 Å². The van der Waals surface area contributed by atoms with Crippen LogP contribution < -0.4 is 10.6 Å². The van der Waals surface area contributed by atoms with Crippen LogP contribution in [0.4, 0.5) is 11.9 Å². The third kappa shape index (κ3) is 5.30. The van der Waals surface area contributed by atoms with Crippen molar-refractivity contribution in [2.24, 2.45) is 5.92 Å². The van der Waals surface area contributed by atoms with Gasteiger partial charge in [-0.25, -0.2) is 5.10 Å². The first-order valence-electron chi connectivity index (χ1n) is 11.1. The first kappa shape index (κ1) is 21.9. The summed E-state index contributed by atoms with van der Waals surface area (Å²) < 4.78 is 5.34. The SMILES string of the molecule is CCOC(=O)C1CC[C@H](Cc2ccc(Cl)cc2)N(C2CCN(c3n[nH]c(N)n3)CC2)C1. The maximum Gasteiger partial charge on any atom is 0.310 e. The van der Waals surface area contributed by atoms with Crippen molar-refractivity contribution >= 4 is 29.5 Å². The van der Waals surface area contributed by atoms with Crippen LogP contribution in [0.2, 0.25) is 5.02 Å². The smallest absolute Gasteiger partial charge is 0.310 e. The van der Waals surface area contributed by atoms with Gasteiger partial charge < -0.3 is 15.4 Å². The van der Waals surface area contributed by atoms with Gasteiger partial charge in [0.2, 0.25) is 11.9 Å². The van der Waals surface area contributed by atoms with Crippen molar-refractivity contribution in [3.8, 4) is 0 Å². The number of likely N-dealkylation sites (tertiary alicyclic amines) is 1. The van der Waals surface area contributed by atoms with Crippen molar-refractivity contribution in [3.63, 3.8) is 0 Å². The molecule has 2 saturated heterocycles. The Morgan fingerprint density at radius 3 is 2.61 bits per heavy atom. The zero-order valence-corrected chi connectivity index (χ0v) is 18.7. The van der Waals surface area contributed by atoms with Crippen LogP contribution in [0, 0.1) is 5.92 Å². The molecule has 3 N–H and O–H groups in total. The highest BCUT2D eigenvalue weighted by Gasteiger charge is 2.37. The van der Waals surface area contributed by atoms with Crippen LogP contribution >= 0.6 is 11.6 Å². The number of aromatic nitrogens is 3. The number of hydrogen-bond acceptors (Lipinski definition) is 7. The molecule has 0 radical (unpaired) electrons. The zero-order valence-electron chi connectivity index (χ0n) is 18.0. The predicted molar refractivity (Wildman–Crippen MR) is 121 cm³/mol. The average Bonchev–Trinajstić information content (AvgIpc) is 3.22. The quantitative estimate of drug-likeness (QED) is 0.658. The first-order chi connectivity index (χ1) is 15.0. The van der Waals surface area contributed by atoms with Crippen molar-refractivity contribution < 1.29 is 9.53 Å². The third-order valence-electron chi connectivity index (χ3n) is 6.46. The van der Waals surface area contributed by atoms with Gasteiger partial charge in [0, 0.05) is 36.7 Å². The topological polar surface area (TPSA) is 100 Å². The summed E-state index contributed by atoms with van der Waals surface area (Å²) in [6, 6.07) is 8.94. The maximum absolute atomic E-state index is 12.5. The minimum Gasteiger partial charge on any atom is -0.466 e. The van der Waals surface area contributed by atoms with E-state index in [1.54, 1.807) is 0 Å². The van der Waals surface area contributed by atoms with Gasteiger partial charge in [-0.3, -0.25) is 9.69 Å². The molecule has 4 rings (SSSR count). The van der Waals surface area contributed by atoms with Crippen molar-refractivity contribution in [2.45, 2.75) is 51.1 Å². The van der Waals surface area contributed by atoms with Gasteiger partial charge in [-0.2, -0.15) is 4.98 Å². The molecular formula is C22H31ClN6O2. The number of halogens is 1. The summed E-state index contributed by atoms with van der Waals surface area (Å²) in [5.41, 5.74) is 6.96. The second-order valence-corrected chi connectivity index (χ2v) is 8.88. The van der Waals surface area contributed by atoms with Crippen molar-refractivity contribution in [1.82, 2.24) is 20.1 Å². The predicted octanol–water partition coefficient (Wildman–Crippen LogP) is 2.90. The largest absolute Gasteiger partial charge is 0.466 e. The second kappa shape index (κ2) is 9.87. The summed E-state index contributed by atoms with van der Waals surface area (Å²) in [6.45, 7) is 4.80. The average molecular weight is 447 g/mol. The van der Waals surface area contributed by atoms with E-state index in [1.807, 2.05) is 19.1 Å². The molecule has 1 unspecified atom stereocenters. The number of ether oxygens (including phenoxy) is 1. The van der Waals surface area contributed by atoms with Gasteiger partial charge in [0.1, 0.15) is 0 Å². The second-order valence-electron chi connectivity index (χ2n) is 8.45. The highest BCUT2D eigenvalue weighted by atomic mass is 35.5. The van der Waals surface area contributed by atoms with Crippen LogP contribution in [-0.4, -0.2) is 64.4 Å². The number of esters is 1. The van der Waals surface area contributed by atoms with E-state index in [0.717, 1.165) is 56.8 Å². The fourth-order valence-corrected chi connectivity index (χ4v) is 5.00. The van der Waals surface area contributed by atoms with Crippen LogP contribution in [0.25, 0.3) is 0 Å². The number of piperidine rings is 2. The normalized spacial score (nSPS) is 23.1. The minimum atomic E-state index is -0.0638. The first-order valence-corrected chi connectivity index (χ1v) is 11.5. The number of benzene rings is 1. The number of nitrogens with two attached hydrogens (primary N) is 1. The number of carbonyl (C=O) groups is 1. The molecule has 0 spiro atoms. The summed E-state index contributed by atoms with van der Waals surface area (Å²) in [5, 5.41) is 7.66. The summed E-state index contributed by atoms with van der Waals surface area (Å²) in [4.78, 5) is 21.5. The summed E-state index contributed by atoms with van der Waals surface area (Å²) in [5.74, 6) is 0.892. The Balaban J connectivity index is 1.45. The Labute approximate surface area is 188 Å². The summed E-state index contributed by atoms with van der Waals surface area (Å²) >= 11 is 6.07. The van der Waals surface area contributed by atoms with E-state index >= 15 is 0 Å². The van der Waals surface area contributed by atoms with Gasteiger partial charge in [-0.1, -0.05) is 23.7 Å². The number of hydrogen-bond donors (Lipinski definition) is 2.